The van der Waals surface area contributed by atoms with Gasteiger partial charge in [-0.3, -0.25) is 0 Å². The first-order chi connectivity index (χ1) is 7.62. The van der Waals surface area contributed by atoms with Crippen molar-refractivity contribution in [3.8, 4) is 0 Å². The van der Waals surface area contributed by atoms with Gasteiger partial charge in [-0.1, -0.05) is 29.8 Å². The van der Waals surface area contributed by atoms with Gasteiger partial charge in [0.15, 0.2) is 0 Å². The molecule has 0 aromatic heterocycles. The molecule has 0 bridgehead atoms. The van der Waals surface area contributed by atoms with E-state index in [1.165, 1.54) is 0 Å². The van der Waals surface area contributed by atoms with Crippen molar-refractivity contribution in [2.75, 3.05) is 13.6 Å². The Bertz CT molecular complexity index is 243. The van der Waals surface area contributed by atoms with Crippen LogP contribution in [-0.4, -0.2) is 35.5 Å². The van der Waals surface area contributed by atoms with Gasteiger partial charge < -0.3 is 4.90 Å². The fourth-order valence-corrected chi connectivity index (χ4v) is 2.79. The Kier molecular flexibility index (Phi) is 4.92. The number of hydrogen-bond donors (Lipinski definition) is 0. The first-order valence-corrected chi connectivity index (χ1v) is 6.94. The van der Waals surface area contributed by atoms with Gasteiger partial charge in [-0.15, -0.1) is 0 Å². The molecule has 17 heavy (non-hydrogen) atoms. The Morgan fingerprint density at radius 2 is 1.76 bits per heavy atom. The van der Waals surface area contributed by atoms with E-state index in [-0.39, 0.29) is 6.54 Å². The van der Waals surface area contributed by atoms with Crippen LogP contribution >= 0.6 is 15.9 Å². The van der Waals surface area contributed by atoms with Gasteiger partial charge in [-0.25, -0.2) is 0 Å². The van der Waals surface area contributed by atoms with E-state index in [4.69, 9.17) is 0 Å². The van der Waals surface area contributed by atoms with Crippen molar-refractivity contribution in [3.05, 3.63) is 0 Å². The molecule has 0 radical (unpaired) electrons. The third-order valence-corrected chi connectivity index (χ3v) is 4.54. The zero-order valence-electron chi connectivity index (χ0n) is 10.6. The number of nitrogens with zero attached hydrogens (tertiary/aromatic N) is 1. The maximum Gasteiger partial charge on any atom is 0.402 e. The Morgan fingerprint density at radius 3 is 2.18 bits per heavy atom. The molecule has 0 amide bonds. The number of rotatable bonds is 3. The summed E-state index contributed by atoms with van der Waals surface area (Å²) in [6.45, 7) is 4.49. The third kappa shape index (κ3) is 4.78. The molecule has 5 heteroatoms. The number of hydrogen-bond acceptors (Lipinski definition) is 1. The van der Waals surface area contributed by atoms with Crippen LogP contribution in [0, 0.1) is 5.41 Å². The van der Waals surface area contributed by atoms with E-state index in [1.807, 2.05) is 4.90 Å². The molecule has 0 aromatic carbocycles. The van der Waals surface area contributed by atoms with Crippen LogP contribution in [0.5, 0.6) is 0 Å². The van der Waals surface area contributed by atoms with Crippen LogP contribution in [0.1, 0.15) is 39.5 Å². The topological polar surface area (TPSA) is 3.24 Å². The van der Waals surface area contributed by atoms with Crippen molar-refractivity contribution in [3.63, 3.8) is 0 Å². The minimum Gasteiger partial charge on any atom is -0.302 e. The van der Waals surface area contributed by atoms with Crippen molar-refractivity contribution < 1.29 is 13.2 Å². The summed E-state index contributed by atoms with van der Waals surface area (Å²) in [6, 6.07) is 0.297. The predicted octanol–water partition coefficient (Wildman–Crippen LogP) is 4.21. The summed E-state index contributed by atoms with van der Waals surface area (Å²) in [6.07, 6.45) is 0.0479. The smallest absolute Gasteiger partial charge is 0.302 e. The highest BCUT2D eigenvalue weighted by Crippen LogP contribution is 2.37. The van der Waals surface area contributed by atoms with Crippen molar-refractivity contribution in [1.82, 2.24) is 4.90 Å². The van der Waals surface area contributed by atoms with Gasteiger partial charge in [0.25, 0.3) is 0 Å². The lowest BCUT2D eigenvalue weighted by molar-refractivity contribution is -0.131. The summed E-state index contributed by atoms with van der Waals surface area (Å²) in [4.78, 5) is 0.428. The minimum absolute atomic E-state index is 0.0363. The lowest BCUT2D eigenvalue weighted by Gasteiger charge is -2.39. The molecular weight excluding hydrogens is 295 g/mol. The molecular formula is C12H21BrF3N. The number of halogens is 4. The first-order valence-electron chi connectivity index (χ1n) is 6.03. The van der Waals surface area contributed by atoms with Gasteiger partial charge in [-0.2, -0.15) is 13.2 Å². The zero-order valence-corrected chi connectivity index (χ0v) is 12.2. The third-order valence-electron chi connectivity index (χ3n) is 3.74. The van der Waals surface area contributed by atoms with Crippen molar-refractivity contribution in [2.45, 2.75) is 56.6 Å². The molecule has 0 aromatic rings. The molecule has 1 fully saturated rings. The van der Waals surface area contributed by atoms with Crippen molar-refractivity contribution in [1.29, 1.82) is 0 Å². The van der Waals surface area contributed by atoms with Crippen LogP contribution in [0.15, 0.2) is 0 Å². The van der Waals surface area contributed by atoms with Crippen molar-refractivity contribution >= 4 is 15.9 Å². The van der Waals surface area contributed by atoms with Crippen LogP contribution in [0.2, 0.25) is 0 Å². The predicted molar refractivity (Wildman–Crippen MR) is 67.4 cm³/mol. The monoisotopic (exact) mass is 315 g/mol. The maximum atomic E-state index is 12.4. The highest BCUT2D eigenvalue weighted by Gasteiger charge is 2.39. The normalized spacial score (nSPS) is 24.0. The molecule has 102 valence electrons. The summed E-state index contributed by atoms with van der Waals surface area (Å²) >= 11 is 2.72. The Balaban J connectivity index is 2.42. The second kappa shape index (κ2) is 5.47. The molecule has 1 aliphatic carbocycles. The fraction of sp³-hybridized carbons (Fsp3) is 1.00. The SMILES string of the molecule is CN(CC(Br)C(F)(F)F)C1CCC(C)(C)CC1. The van der Waals surface area contributed by atoms with Crippen LogP contribution in [0.4, 0.5) is 13.2 Å². The molecule has 1 aliphatic rings. The van der Waals surface area contributed by atoms with E-state index in [0.717, 1.165) is 25.7 Å². The summed E-state index contributed by atoms with van der Waals surface area (Å²) in [5.41, 5.74) is 0.356. The fourth-order valence-electron chi connectivity index (χ4n) is 2.33. The van der Waals surface area contributed by atoms with E-state index in [1.54, 1.807) is 7.05 Å². The largest absolute Gasteiger partial charge is 0.402 e. The van der Waals surface area contributed by atoms with Crippen molar-refractivity contribution in [2.24, 2.45) is 5.41 Å². The summed E-state index contributed by atoms with van der Waals surface area (Å²) in [5, 5.41) is 0. The van der Waals surface area contributed by atoms with E-state index in [9.17, 15) is 13.2 Å². The van der Waals surface area contributed by atoms with Crippen LogP contribution in [0.25, 0.3) is 0 Å². The Labute approximate surface area is 110 Å². The number of alkyl halides is 4. The van der Waals surface area contributed by atoms with Crippen LogP contribution in [0.3, 0.4) is 0 Å². The van der Waals surface area contributed by atoms with E-state index in [2.05, 4.69) is 29.8 Å². The van der Waals surface area contributed by atoms with Gasteiger partial charge in [0.2, 0.25) is 0 Å². The van der Waals surface area contributed by atoms with E-state index < -0.39 is 11.0 Å². The lowest BCUT2D eigenvalue weighted by atomic mass is 9.75. The molecule has 0 heterocycles. The lowest BCUT2D eigenvalue weighted by Crippen LogP contribution is -2.43. The molecule has 0 spiro atoms. The minimum atomic E-state index is -4.15. The van der Waals surface area contributed by atoms with Gasteiger partial charge >= 0.3 is 6.18 Å². The highest BCUT2D eigenvalue weighted by atomic mass is 79.9. The zero-order chi connectivity index (χ0) is 13.3. The van der Waals surface area contributed by atoms with Gasteiger partial charge in [0.05, 0.1) is 0 Å². The molecule has 1 nitrogen and oxygen atoms in total. The standard InChI is InChI=1S/C12H21BrF3N/c1-11(2)6-4-9(5-7-11)17(3)8-10(13)12(14,15)16/h9-10H,4-8H2,1-3H3. The molecule has 0 N–H and O–H groups in total. The Morgan fingerprint density at radius 1 is 1.29 bits per heavy atom. The molecule has 0 saturated heterocycles. The Hall–Kier alpha value is 0.230. The second-order valence-corrected chi connectivity index (χ2v) is 6.95. The second-order valence-electron chi connectivity index (χ2n) is 5.84. The van der Waals surface area contributed by atoms with Gasteiger partial charge in [0, 0.05) is 12.6 Å². The van der Waals surface area contributed by atoms with Gasteiger partial charge in [0.1, 0.15) is 4.83 Å². The quantitative estimate of drug-likeness (QED) is 0.705. The van der Waals surface area contributed by atoms with Gasteiger partial charge in [-0.05, 0) is 38.1 Å². The first kappa shape index (κ1) is 15.3. The van der Waals surface area contributed by atoms with Crippen LogP contribution < -0.4 is 0 Å². The average molecular weight is 316 g/mol. The molecule has 0 aliphatic heterocycles. The van der Waals surface area contributed by atoms with E-state index >= 15 is 0 Å². The summed E-state index contributed by atoms with van der Waals surface area (Å²) in [5.74, 6) is 0. The maximum absolute atomic E-state index is 12.4. The molecule has 1 rings (SSSR count). The molecule has 1 unspecified atom stereocenters. The van der Waals surface area contributed by atoms with E-state index in [0.29, 0.717) is 11.5 Å². The average Bonchev–Trinajstić information content (AvgIpc) is 2.15. The molecule has 1 atom stereocenters. The summed E-state index contributed by atoms with van der Waals surface area (Å²) < 4.78 is 37.3. The summed E-state index contributed by atoms with van der Waals surface area (Å²) in [7, 11) is 1.79. The highest BCUT2D eigenvalue weighted by molar-refractivity contribution is 9.09. The van der Waals surface area contributed by atoms with Crippen LogP contribution in [-0.2, 0) is 0 Å². The molecule has 1 saturated carbocycles.